The van der Waals surface area contributed by atoms with Crippen molar-refractivity contribution in [1.29, 1.82) is 0 Å². The zero-order chi connectivity index (χ0) is 20.7. The second-order valence-corrected chi connectivity index (χ2v) is 7.92. The molecule has 0 amide bonds. The van der Waals surface area contributed by atoms with E-state index in [-0.39, 0.29) is 5.41 Å². The van der Waals surface area contributed by atoms with E-state index in [9.17, 15) is 0 Å². The molecule has 0 fully saturated rings. The number of nitrogens with zero attached hydrogens (tertiary/aromatic N) is 4. The molecule has 1 aliphatic heterocycles. The third kappa shape index (κ3) is 2.75. The molecule has 1 aliphatic rings. The summed E-state index contributed by atoms with van der Waals surface area (Å²) >= 11 is 0. The van der Waals surface area contributed by atoms with Gasteiger partial charge in [-0.05, 0) is 47.5 Å². The fourth-order valence-electron chi connectivity index (χ4n) is 4.23. The van der Waals surface area contributed by atoms with Crippen LogP contribution in [0, 0.1) is 6.57 Å². The number of hydrogen-bond acceptors (Lipinski definition) is 3. The molecule has 0 bridgehead atoms. The van der Waals surface area contributed by atoms with Crippen LogP contribution < -0.4 is 4.90 Å². The minimum atomic E-state index is -0.0673. The predicted molar refractivity (Wildman–Crippen MR) is 121 cm³/mol. The average molecular weight is 388 g/mol. The minimum Gasteiger partial charge on any atom is -0.310 e. The van der Waals surface area contributed by atoms with Gasteiger partial charge in [0.2, 0.25) is 5.69 Å². The van der Waals surface area contributed by atoms with Crippen molar-refractivity contribution >= 4 is 22.7 Å². The summed E-state index contributed by atoms with van der Waals surface area (Å²) in [6.07, 6.45) is 3.12. The van der Waals surface area contributed by atoms with E-state index in [1.807, 2.05) is 12.1 Å². The molecule has 0 atom stereocenters. The van der Waals surface area contributed by atoms with Crippen LogP contribution in [0.5, 0.6) is 0 Å². The Hall–Kier alpha value is -3.97. The van der Waals surface area contributed by atoms with Crippen LogP contribution in [-0.4, -0.2) is 9.97 Å². The standard InChI is InChI=1S/C26H20N4/c1-26(2)21-8-4-6-10-23(21)30(24-11-7-5-9-22(24)26)20-14-12-18(13-15-20)25-28-16-19(27-3)17-29-25/h4-17H,1-2H3. The minimum absolute atomic E-state index is 0.0673. The van der Waals surface area contributed by atoms with Gasteiger partial charge in [-0.1, -0.05) is 50.2 Å². The van der Waals surface area contributed by atoms with Gasteiger partial charge in [0.1, 0.15) is 0 Å². The molecule has 4 aromatic rings. The molecule has 0 aliphatic carbocycles. The molecule has 0 radical (unpaired) electrons. The number of hydrogen-bond donors (Lipinski definition) is 0. The van der Waals surface area contributed by atoms with Gasteiger partial charge >= 0.3 is 0 Å². The molecule has 5 rings (SSSR count). The smallest absolute Gasteiger partial charge is 0.222 e. The molecule has 2 heterocycles. The van der Waals surface area contributed by atoms with Crippen LogP contribution in [0.4, 0.5) is 22.7 Å². The number of fused-ring (bicyclic) bond motifs is 2. The first kappa shape index (κ1) is 18.1. The topological polar surface area (TPSA) is 33.4 Å². The quantitative estimate of drug-likeness (QED) is 0.354. The van der Waals surface area contributed by atoms with Gasteiger partial charge in [0.15, 0.2) is 5.82 Å². The van der Waals surface area contributed by atoms with Crippen LogP contribution >= 0.6 is 0 Å². The van der Waals surface area contributed by atoms with Crippen molar-refractivity contribution in [3.63, 3.8) is 0 Å². The Labute approximate surface area is 176 Å². The Kier molecular flexibility index (Phi) is 4.11. The zero-order valence-electron chi connectivity index (χ0n) is 16.9. The Bertz CT molecular complexity index is 1220. The van der Waals surface area contributed by atoms with E-state index in [2.05, 4.69) is 94.2 Å². The van der Waals surface area contributed by atoms with E-state index in [0.717, 1.165) is 11.3 Å². The summed E-state index contributed by atoms with van der Waals surface area (Å²) in [5.41, 5.74) is 7.41. The Morgan fingerprint density at radius 1 is 0.767 bits per heavy atom. The Morgan fingerprint density at radius 2 is 1.30 bits per heavy atom. The SMILES string of the molecule is [C-]#[N+]c1cnc(-c2ccc(N3c4ccccc4C(C)(C)c4ccccc43)cc2)nc1. The highest BCUT2D eigenvalue weighted by Crippen LogP contribution is 2.51. The van der Waals surface area contributed by atoms with Crippen LogP contribution in [0.2, 0.25) is 0 Å². The number of para-hydroxylation sites is 2. The van der Waals surface area contributed by atoms with Crippen molar-refractivity contribution < 1.29 is 0 Å². The van der Waals surface area contributed by atoms with E-state index < -0.39 is 0 Å². The summed E-state index contributed by atoms with van der Waals surface area (Å²) in [7, 11) is 0. The van der Waals surface area contributed by atoms with Gasteiger partial charge in [-0.25, -0.2) is 14.8 Å². The molecule has 0 N–H and O–H groups in total. The Balaban J connectivity index is 1.61. The van der Waals surface area contributed by atoms with Gasteiger partial charge in [0.25, 0.3) is 0 Å². The van der Waals surface area contributed by atoms with Crippen molar-refractivity contribution in [1.82, 2.24) is 9.97 Å². The lowest BCUT2D eigenvalue weighted by Gasteiger charge is -2.42. The highest BCUT2D eigenvalue weighted by molar-refractivity contribution is 5.86. The largest absolute Gasteiger partial charge is 0.310 e. The molecule has 3 aromatic carbocycles. The molecular weight excluding hydrogens is 368 g/mol. The van der Waals surface area contributed by atoms with Gasteiger partial charge in [0.05, 0.1) is 17.9 Å². The first-order chi connectivity index (χ1) is 14.6. The third-order valence-electron chi connectivity index (χ3n) is 5.79. The lowest BCUT2D eigenvalue weighted by molar-refractivity contribution is 0.632. The molecule has 144 valence electrons. The van der Waals surface area contributed by atoms with Crippen molar-refractivity contribution in [2.75, 3.05) is 4.90 Å². The molecular formula is C26H20N4. The molecule has 4 heteroatoms. The average Bonchev–Trinajstić information content (AvgIpc) is 2.80. The van der Waals surface area contributed by atoms with Gasteiger partial charge in [-0.2, -0.15) is 0 Å². The zero-order valence-corrected chi connectivity index (χ0v) is 16.9. The van der Waals surface area contributed by atoms with E-state index in [4.69, 9.17) is 6.57 Å². The lowest BCUT2D eigenvalue weighted by Crippen LogP contribution is -2.30. The molecule has 0 saturated heterocycles. The van der Waals surface area contributed by atoms with Crippen molar-refractivity contribution in [2.24, 2.45) is 0 Å². The normalized spacial score (nSPS) is 13.8. The van der Waals surface area contributed by atoms with E-state index in [1.54, 1.807) is 12.4 Å². The van der Waals surface area contributed by atoms with Crippen molar-refractivity contribution in [2.45, 2.75) is 19.3 Å². The number of aromatic nitrogens is 2. The fraction of sp³-hybridized carbons (Fsp3) is 0.115. The second kappa shape index (κ2) is 6.82. The summed E-state index contributed by atoms with van der Waals surface area (Å²) < 4.78 is 0. The predicted octanol–water partition coefficient (Wildman–Crippen LogP) is 6.80. The van der Waals surface area contributed by atoms with Gasteiger partial charge in [-0.15, -0.1) is 0 Å². The summed E-state index contributed by atoms with van der Waals surface area (Å²) in [6, 6.07) is 25.5. The molecule has 0 saturated carbocycles. The number of anilines is 3. The fourth-order valence-corrected chi connectivity index (χ4v) is 4.23. The highest BCUT2D eigenvalue weighted by Gasteiger charge is 2.36. The number of benzene rings is 3. The van der Waals surface area contributed by atoms with Gasteiger partial charge < -0.3 is 4.90 Å². The van der Waals surface area contributed by atoms with E-state index in [0.29, 0.717) is 11.5 Å². The molecule has 0 unspecified atom stereocenters. The summed E-state index contributed by atoms with van der Waals surface area (Å²) in [5, 5.41) is 0. The Morgan fingerprint density at radius 3 is 1.83 bits per heavy atom. The van der Waals surface area contributed by atoms with Crippen LogP contribution in [0.3, 0.4) is 0 Å². The van der Waals surface area contributed by atoms with Crippen LogP contribution in [0.25, 0.3) is 16.2 Å². The maximum Gasteiger partial charge on any atom is 0.222 e. The second-order valence-electron chi connectivity index (χ2n) is 7.92. The highest BCUT2D eigenvalue weighted by atomic mass is 15.2. The molecule has 0 spiro atoms. The van der Waals surface area contributed by atoms with Gasteiger partial charge in [0, 0.05) is 29.1 Å². The summed E-state index contributed by atoms with van der Waals surface area (Å²) in [4.78, 5) is 14.3. The van der Waals surface area contributed by atoms with Crippen molar-refractivity contribution in [3.05, 3.63) is 108 Å². The van der Waals surface area contributed by atoms with E-state index in [1.165, 1.54) is 22.5 Å². The summed E-state index contributed by atoms with van der Waals surface area (Å²) in [6.45, 7) is 11.6. The molecule has 30 heavy (non-hydrogen) atoms. The monoisotopic (exact) mass is 388 g/mol. The lowest BCUT2D eigenvalue weighted by atomic mass is 9.73. The van der Waals surface area contributed by atoms with Crippen molar-refractivity contribution in [3.8, 4) is 11.4 Å². The third-order valence-corrected chi connectivity index (χ3v) is 5.79. The maximum atomic E-state index is 7.05. The maximum absolute atomic E-state index is 7.05. The van der Waals surface area contributed by atoms with Crippen LogP contribution in [-0.2, 0) is 5.41 Å². The summed E-state index contributed by atoms with van der Waals surface area (Å²) in [5.74, 6) is 0.620. The first-order valence-electron chi connectivity index (χ1n) is 9.89. The van der Waals surface area contributed by atoms with Gasteiger partial charge in [-0.3, -0.25) is 0 Å². The molecule has 4 nitrogen and oxygen atoms in total. The number of rotatable bonds is 2. The van der Waals surface area contributed by atoms with Crippen LogP contribution in [0.15, 0.2) is 85.2 Å². The van der Waals surface area contributed by atoms with Crippen LogP contribution in [0.1, 0.15) is 25.0 Å². The first-order valence-corrected chi connectivity index (χ1v) is 9.89. The molecule has 1 aromatic heterocycles. The van der Waals surface area contributed by atoms with E-state index >= 15 is 0 Å².